The summed E-state index contributed by atoms with van der Waals surface area (Å²) in [7, 11) is 0. The molecule has 104 valence electrons. The summed E-state index contributed by atoms with van der Waals surface area (Å²) < 4.78 is 0. The predicted molar refractivity (Wildman–Crippen MR) is 77.7 cm³/mol. The van der Waals surface area contributed by atoms with Crippen LogP contribution < -0.4 is 5.32 Å². The van der Waals surface area contributed by atoms with Crippen LogP contribution in [0.4, 0.5) is 0 Å². The van der Waals surface area contributed by atoms with Gasteiger partial charge in [-0.1, -0.05) is 26.0 Å². The van der Waals surface area contributed by atoms with Crippen molar-refractivity contribution in [2.75, 3.05) is 13.2 Å². The van der Waals surface area contributed by atoms with E-state index in [1.807, 2.05) is 24.3 Å². The van der Waals surface area contributed by atoms with Crippen LogP contribution in [0.15, 0.2) is 24.3 Å². The molecule has 0 aliphatic carbocycles. The molecular weight excluding hydrogens is 236 g/mol. The van der Waals surface area contributed by atoms with Gasteiger partial charge in [-0.25, -0.2) is 0 Å². The number of aliphatic hydroxyl groups is 1. The monoisotopic (exact) mass is 260 g/mol. The molecular formula is C16H24N2O. The lowest BCUT2D eigenvalue weighted by Gasteiger charge is -2.22. The molecule has 0 fully saturated rings. The molecule has 0 aliphatic heterocycles. The van der Waals surface area contributed by atoms with E-state index in [-0.39, 0.29) is 18.1 Å². The van der Waals surface area contributed by atoms with Gasteiger partial charge in [-0.2, -0.15) is 5.26 Å². The molecule has 0 amide bonds. The lowest BCUT2D eigenvalue weighted by Crippen LogP contribution is -2.23. The van der Waals surface area contributed by atoms with E-state index in [1.54, 1.807) is 0 Å². The molecule has 19 heavy (non-hydrogen) atoms. The molecule has 1 unspecified atom stereocenters. The van der Waals surface area contributed by atoms with Crippen molar-refractivity contribution in [2.45, 2.75) is 39.7 Å². The highest BCUT2D eigenvalue weighted by Gasteiger charge is 2.15. The fourth-order valence-corrected chi connectivity index (χ4v) is 1.96. The number of nitrogens with one attached hydrogen (secondary N) is 1. The summed E-state index contributed by atoms with van der Waals surface area (Å²) in [4.78, 5) is 0. The fraction of sp³-hybridized carbons (Fsp3) is 0.562. The molecule has 0 saturated carbocycles. The van der Waals surface area contributed by atoms with E-state index in [2.05, 4.69) is 32.2 Å². The van der Waals surface area contributed by atoms with Crippen molar-refractivity contribution in [3.05, 3.63) is 35.4 Å². The first-order chi connectivity index (χ1) is 8.98. The van der Waals surface area contributed by atoms with Gasteiger partial charge < -0.3 is 10.4 Å². The standard InChI is InChI=1S/C16H24N2O/c1-13(15-7-4-6-14(10-15)11-17)18-9-5-8-16(2,3)12-19/h4,6-7,10,13,18-19H,5,8-9,12H2,1-3H3. The Labute approximate surface area is 116 Å². The minimum absolute atomic E-state index is 0.00560. The van der Waals surface area contributed by atoms with Gasteiger partial charge in [0, 0.05) is 12.6 Å². The van der Waals surface area contributed by atoms with E-state index in [9.17, 15) is 5.11 Å². The Morgan fingerprint density at radius 3 is 2.79 bits per heavy atom. The maximum absolute atomic E-state index is 9.19. The van der Waals surface area contributed by atoms with Gasteiger partial charge in [0.05, 0.1) is 11.6 Å². The molecule has 0 heterocycles. The van der Waals surface area contributed by atoms with Crippen LogP contribution in [0.5, 0.6) is 0 Å². The second kappa shape index (κ2) is 7.28. The van der Waals surface area contributed by atoms with Crippen molar-refractivity contribution in [1.29, 1.82) is 5.26 Å². The fourth-order valence-electron chi connectivity index (χ4n) is 1.96. The van der Waals surface area contributed by atoms with Crippen molar-refractivity contribution < 1.29 is 5.11 Å². The smallest absolute Gasteiger partial charge is 0.0991 e. The van der Waals surface area contributed by atoms with Crippen LogP contribution in [-0.2, 0) is 0 Å². The third-order valence-electron chi connectivity index (χ3n) is 3.42. The summed E-state index contributed by atoms with van der Waals surface area (Å²) in [5.41, 5.74) is 1.85. The number of hydrogen-bond donors (Lipinski definition) is 2. The van der Waals surface area contributed by atoms with Crippen LogP contribution in [0.1, 0.15) is 50.8 Å². The predicted octanol–water partition coefficient (Wildman–Crippen LogP) is 3.01. The summed E-state index contributed by atoms with van der Waals surface area (Å²) in [6.07, 6.45) is 2.04. The molecule has 1 aromatic rings. The molecule has 0 saturated heterocycles. The molecule has 1 atom stereocenters. The summed E-state index contributed by atoms with van der Waals surface area (Å²) in [5.74, 6) is 0. The number of nitriles is 1. The van der Waals surface area contributed by atoms with Crippen LogP contribution in [-0.4, -0.2) is 18.3 Å². The molecule has 0 aromatic heterocycles. The second-order valence-corrected chi connectivity index (χ2v) is 5.84. The first kappa shape index (κ1) is 15.7. The number of rotatable bonds is 7. The molecule has 1 rings (SSSR count). The number of aliphatic hydroxyl groups excluding tert-OH is 1. The number of nitrogens with zero attached hydrogens (tertiary/aromatic N) is 1. The molecule has 0 aliphatic rings. The maximum atomic E-state index is 9.19. The van der Waals surface area contributed by atoms with E-state index < -0.39 is 0 Å². The van der Waals surface area contributed by atoms with E-state index in [1.165, 1.54) is 0 Å². The molecule has 0 spiro atoms. The zero-order valence-electron chi connectivity index (χ0n) is 12.1. The average Bonchev–Trinajstić information content (AvgIpc) is 2.43. The molecule has 3 nitrogen and oxygen atoms in total. The van der Waals surface area contributed by atoms with Gasteiger partial charge in [0.2, 0.25) is 0 Å². The second-order valence-electron chi connectivity index (χ2n) is 5.84. The van der Waals surface area contributed by atoms with Gasteiger partial charge in [0.1, 0.15) is 0 Å². The van der Waals surface area contributed by atoms with Crippen LogP contribution in [0.25, 0.3) is 0 Å². The average molecular weight is 260 g/mol. The van der Waals surface area contributed by atoms with Crippen molar-refractivity contribution in [2.24, 2.45) is 5.41 Å². The topological polar surface area (TPSA) is 56.0 Å². The van der Waals surface area contributed by atoms with E-state index >= 15 is 0 Å². The molecule has 1 aromatic carbocycles. The summed E-state index contributed by atoms with van der Waals surface area (Å²) >= 11 is 0. The Balaban J connectivity index is 2.39. The minimum Gasteiger partial charge on any atom is -0.396 e. The highest BCUT2D eigenvalue weighted by molar-refractivity contribution is 5.33. The van der Waals surface area contributed by atoms with E-state index in [0.717, 1.165) is 24.9 Å². The minimum atomic E-state index is 0.00560. The maximum Gasteiger partial charge on any atom is 0.0991 e. The quantitative estimate of drug-likeness (QED) is 0.741. The van der Waals surface area contributed by atoms with Crippen LogP contribution in [0.2, 0.25) is 0 Å². The van der Waals surface area contributed by atoms with Crippen molar-refractivity contribution in [3.63, 3.8) is 0 Å². The third-order valence-corrected chi connectivity index (χ3v) is 3.42. The Hall–Kier alpha value is -1.37. The number of hydrogen-bond acceptors (Lipinski definition) is 3. The Kier molecular flexibility index (Phi) is 6.01. The number of benzene rings is 1. The first-order valence-electron chi connectivity index (χ1n) is 6.83. The zero-order chi connectivity index (χ0) is 14.3. The Morgan fingerprint density at radius 1 is 1.42 bits per heavy atom. The van der Waals surface area contributed by atoms with Crippen molar-refractivity contribution in [1.82, 2.24) is 5.32 Å². The normalized spacial score (nSPS) is 13.0. The third kappa shape index (κ3) is 5.42. The van der Waals surface area contributed by atoms with Crippen LogP contribution in [0.3, 0.4) is 0 Å². The van der Waals surface area contributed by atoms with Gasteiger partial charge in [-0.05, 0) is 49.4 Å². The highest BCUT2D eigenvalue weighted by Crippen LogP contribution is 2.21. The van der Waals surface area contributed by atoms with Gasteiger partial charge in [0.15, 0.2) is 0 Å². The molecule has 3 heteroatoms. The lowest BCUT2D eigenvalue weighted by molar-refractivity contribution is 0.147. The zero-order valence-corrected chi connectivity index (χ0v) is 12.1. The summed E-state index contributed by atoms with van der Waals surface area (Å²) in [5, 5.41) is 21.5. The summed E-state index contributed by atoms with van der Waals surface area (Å²) in [6.45, 7) is 7.40. The molecule has 0 bridgehead atoms. The Bertz CT molecular complexity index is 435. The van der Waals surface area contributed by atoms with Gasteiger partial charge in [-0.15, -0.1) is 0 Å². The van der Waals surface area contributed by atoms with Crippen LogP contribution in [0, 0.1) is 16.7 Å². The molecule has 0 radical (unpaired) electrons. The SMILES string of the molecule is CC(NCCCC(C)(C)CO)c1cccc(C#N)c1. The summed E-state index contributed by atoms with van der Waals surface area (Å²) in [6, 6.07) is 10.1. The van der Waals surface area contributed by atoms with Gasteiger partial charge in [0.25, 0.3) is 0 Å². The Morgan fingerprint density at radius 2 is 2.16 bits per heavy atom. The highest BCUT2D eigenvalue weighted by atomic mass is 16.3. The largest absolute Gasteiger partial charge is 0.396 e. The van der Waals surface area contributed by atoms with Gasteiger partial charge in [-0.3, -0.25) is 0 Å². The van der Waals surface area contributed by atoms with Gasteiger partial charge >= 0.3 is 0 Å². The van der Waals surface area contributed by atoms with E-state index in [4.69, 9.17) is 5.26 Å². The van der Waals surface area contributed by atoms with Crippen LogP contribution >= 0.6 is 0 Å². The lowest BCUT2D eigenvalue weighted by atomic mass is 9.89. The molecule has 2 N–H and O–H groups in total. The van der Waals surface area contributed by atoms with E-state index in [0.29, 0.717) is 5.56 Å². The van der Waals surface area contributed by atoms with Crippen molar-refractivity contribution in [3.8, 4) is 6.07 Å². The first-order valence-corrected chi connectivity index (χ1v) is 6.83. The van der Waals surface area contributed by atoms with Crippen molar-refractivity contribution >= 4 is 0 Å².